The summed E-state index contributed by atoms with van der Waals surface area (Å²) in [5, 5.41) is 0. The van der Waals surface area contributed by atoms with Gasteiger partial charge in [0.05, 0.1) is 0 Å². The molecule has 0 heteroatoms. The van der Waals surface area contributed by atoms with Crippen LogP contribution in [-0.2, 0) is 0 Å². The van der Waals surface area contributed by atoms with E-state index in [2.05, 4.69) is 6.92 Å². The second-order valence-electron chi connectivity index (χ2n) is 3.41. The number of hydrogen-bond donors (Lipinski definition) is 0. The average molecular weight is 110 g/mol. The summed E-state index contributed by atoms with van der Waals surface area (Å²) < 4.78 is 0. The molecule has 0 saturated heterocycles. The third kappa shape index (κ3) is 0.519. The molecule has 0 aromatic rings. The van der Waals surface area contributed by atoms with Crippen LogP contribution >= 0.6 is 0 Å². The van der Waals surface area contributed by atoms with E-state index >= 15 is 0 Å². The molecule has 0 heterocycles. The Kier molecular flexibility index (Phi) is 0.902. The van der Waals surface area contributed by atoms with Gasteiger partial charge in [-0.15, -0.1) is 0 Å². The van der Waals surface area contributed by atoms with Gasteiger partial charge in [0.1, 0.15) is 0 Å². The minimum Gasteiger partial charge on any atom is -0.0651 e. The molecule has 1 unspecified atom stereocenters. The zero-order valence-corrected chi connectivity index (χ0v) is 5.56. The molecule has 3 atom stereocenters. The van der Waals surface area contributed by atoms with Crippen molar-refractivity contribution in [1.29, 1.82) is 0 Å². The SMILES string of the molecule is CC[C@H]1CCC2C[C@H]21. The first-order chi connectivity index (χ1) is 3.92. The van der Waals surface area contributed by atoms with Crippen LogP contribution in [-0.4, -0.2) is 0 Å². The van der Waals surface area contributed by atoms with Gasteiger partial charge < -0.3 is 0 Å². The predicted octanol–water partition coefficient (Wildman–Crippen LogP) is 2.44. The summed E-state index contributed by atoms with van der Waals surface area (Å²) in [6.45, 7) is 2.34. The Hall–Kier alpha value is 0. The lowest BCUT2D eigenvalue weighted by molar-refractivity contribution is 0.465. The van der Waals surface area contributed by atoms with Gasteiger partial charge >= 0.3 is 0 Å². The second kappa shape index (κ2) is 1.49. The second-order valence-corrected chi connectivity index (χ2v) is 3.41. The van der Waals surface area contributed by atoms with E-state index in [-0.39, 0.29) is 0 Å². The summed E-state index contributed by atoms with van der Waals surface area (Å²) >= 11 is 0. The molecular weight excluding hydrogens is 96.1 g/mol. The molecule has 2 rings (SSSR count). The third-order valence-electron chi connectivity index (χ3n) is 3.02. The molecule has 0 aromatic carbocycles. The molecule has 2 aliphatic carbocycles. The number of rotatable bonds is 1. The first kappa shape index (κ1) is 4.84. The molecule has 0 bridgehead atoms. The van der Waals surface area contributed by atoms with Crippen molar-refractivity contribution in [2.24, 2.45) is 17.8 Å². The zero-order valence-electron chi connectivity index (χ0n) is 5.56. The Morgan fingerprint density at radius 2 is 2.25 bits per heavy atom. The maximum absolute atomic E-state index is 2.34. The maximum atomic E-state index is 2.34. The molecular formula is C8H14. The molecule has 46 valence electrons. The highest BCUT2D eigenvalue weighted by Gasteiger charge is 2.46. The standard InChI is InChI=1S/C8H14/c1-2-6-3-4-7-5-8(6)7/h6-8H,2-5H2,1H3/t6-,7?,8-/m0/s1. The van der Waals surface area contributed by atoms with Gasteiger partial charge in [0.15, 0.2) is 0 Å². The van der Waals surface area contributed by atoms with Crippen LogP contribution < -0.4 is 0 Å². The fourth-order valence-electron chi connectivity index (χ4n) is 2.33. The largest absolute Gasteiger partial charge is 0.0651 e. The summed E-state index contributed by atoms with van der Waals surface area (Å²) in [4.78, 5) is 0. The fourth-order valence-corrected chi connectivity index (χ4v) is 2.33. The third-order valence-corrected chi connectivity index (χ3v) is 3.02. The maximum Gasteiger partial charge on any atom is -0.0355 e. The summed E-state index contributed by atoms with van der Waals surface area (Å²) in [5.74, 6) is 3.53. The van der Waals surface area contributed by atoms with Crippen LogP contribution in [0.5, 0.6) is 0 Å². The molecule has 2 saturated carbocycles. The molecule has 0 amide bonds. The molecule has 0 aromatic heterocycles. The zero-order chi connectivity index (χ0) is 5.56. The fraction of sp³-hybridized carbons (Fsp3) is 1.00. The average Bonchev–Trinajstić information content (AvgIpc) is 2.46. The van der Waals surface area contributed by atoms with E-state index in [1.165, 1.54) is 18.3 Å². The quantitative estimate of drug-likeness (QED) is 0.486. The molecule has 0 nitrogen and oxygen atoms in total. The van der Waals surface area contributed by atoms with Crippen molar-refractivity contribution in [2.75, 3.05) is 0 Å². The van der Waals surface area contributed by atoms with E-state index in [0.29, 0.717) is 0 Å². The topological polar surface area (TPSA) is 0 Å². The van der Waals surface area contributed by atoms with Crippen molar-refractivity contribution < 1.29 is 0 Å². The van der Waals surface area contributed by atoms with Crippen LogP contribution in [0, 0.1) is 17.8 Å². The van der Waals surface area contributed by atoms with Crippen molar-refractivity contribution >= 4 is 0 Å². The number of fused-ring (bicyclic) bond motifs is 1. The molecule has 2 fully saturated rings. The van der Waals surface area contributed by atoms with Gasteiger partial charge in [0.25, 0.3) is 0 Å². The van der Waals surface area contributed by atoms with Gasteiger partial charge in [-0.25, -0.2) is 0 Å². The lowest BCUT2D eigenvalue weighted by Gasteiger charge is -2.04. The smallest absolute Gasteiger partial charge is 0.0355 e. The molecule has 0 spiro atoms. The van der Waals surface area contributed by atoms with Gasteiger partial charge in [0.2, 0.25) is 0 Å². The molecule has 2 aliphatic rings. The highest BCUT2D eigenvalue weighted by atomic mass is 14.5. The summed E-state index contributed by atoms with van der Waals surface area (Å²) in [6, 6.07) is 0. The van der Waals surface area contributed by atoms with Crippen molar-refractivity contribution in [1.82, 2.24) is 0 Å². The van der Waals surface area contributed by atoms with Crippen LogP contribution in [0.4, 0.5) is 0 Å². The van der Waals surface area contributed by atoms with Gasteiger partial charge in [-0.3, -0.25) is 0 Å². The van der Waals surface area contributed by atoms with Gasteiger partial charge in [0, 0.05) is 0 Å². The van der Waals surface area contributed by atoms with Gasteiger partial charge in [-0.1, -0.05) is 13.3 Å². The molecule has 0 N–H and O–H groups in total. The van der Waals surface area contributed by atoms with Crippen molar-refractivity contribution in [3.8, 4) is 0 Å². The van der Waals surface area contributed by atoms with Crippen molar-refractivity contribution in [2.45, 2.75) is 32.6 Å². The highest BCUT2D eigenvalue weighted by molar-refractivity contribution is 4.96. The van der Waals surface area contributed by atoms with Gasteiger partial charge in [-0.2, -0.15) is 0 Å². The molecule has 0 radical (unpaired) electrons. The summed E-state index contributed by atoms with van der Waals surface area (Å²) in [6.07, 6.45) is 6.13. The summed E-state index contributed by atoms with van der Waals surface area (Å²) in [7, 11) is 0. The van der Waals surface area contributed by atoms with E-state index in [4.69, 9.17) is 0 Å². The first-order valence-electron chi connectivity index (χ1n) is 3.92. The Bertz CT molecular complexity index is 96.2. The predicted molar refractivity (Wildman–Crippen MR) is 34.6 cm³/mol. The lowest BCUT2D eigenvalue weighted by atomic mass is 10.0. The van der Waals surface area contributed by atoms with Crippen LogP contribution in [0.25, 0.3) is 0 Å². The van der Waals surface area contributed by atoms with E-state index in [1.807, 2.05) is 0 Å². The van der Waals surface area contributed by atoms with Crippen LogP contribution in [0.1, 0.15) is 32.6 Å². The summed E-state index contributed by atoms with van der Waals surface area (Å²) in [5.41, 5.74) is 0. The van der Waals surface area contributed by atoms with E-state index in [0.717, 1.165) is 5.92 Å². The molecule has 0 aliphatic heterocycles. The van der Waals surface area contributed by atoms with E-state index in [9.17, 15) is 0 Å². The van der Waals surface area contributed by atoms with Gasteiger partial charge in [-0.05, 0) is 37.0 Å². The minimum atomic E-state index is 1.14. The van der Waals surface area contributed by atoms with Crippen LogP contribution in [0.15, 0.2) is 0 Å². The Morgan fingerprint density at radius 3 is 2.50 bits per heavy atom. The van der Waals surface area contributed by atoms with E-state index in [1.54, 1.807) is 19.3 Å². The monoisotopic (exact) mass is 110 g/mol. The minimum absolute atomic E-state index is 1.14. The Labute approximate surface area is 51.3 Å². The van der Waals surface area contributed by atoms with Crippen molar-refractivity contribution in [3.05, 3.63) is 0 Å². The normalized spacial score (nSPS) is 51.4. The van der Waals surface area contributed by atoms with Crippen LogP contribution in [0.3, 0.4) is 0 Å². The van der Waals surface area contributed by atoms with Crippen LogP contribution in [0.2, 0.25) is 0 Å². The lowest BCUT2D eigenvalue weighted by Crippen LogP contribution is -1.94. The Balaban J connectivity index is 1.97. The van der Waals surface area contributed by atoms with E-state index < -0.39 is 0 Å². The highest BCUT2D eigenvalue weighted by Crippen LogP contribution is 2.56. The number of hydrogen-bond acceptors (Lipinski definition) is 0. The Morgan fingerprint density at radius 1 is 1.38 bits per heavy atom. The molecule has 8 heavy (non-hydrogen) atoms. The van der Waals surface area contributed by atoms with Crippen molar-refractivity contribution in [3.63, 3.8) is 0 Å². The first-order valence-corrected chi connectivity index (χ1v) is 3.92.